The fraction of sp³-hybridized carbons (Fsp3) is 0.529. The Bertz CT molecular complexity index is 725. The van der Waals surface area contributed by atoms with Crippen molar-refractivity contribution >= 4 is 59.6 Å². The zero-order chi connectivity index (χ0) is 18.6. The third-order valence-electron chi connectivity index (χ3n) is 6.29. The summed E-state index contributed by atoms with van der Waals surface area (Å²) in [6.07, 6.45) is 1.64. The Morgan fingerprint density at radius 3 is 2.24 bits per heavy atom. The van der Waals surface area contributed by atoms with Crippen molar-refractivity contribution < 1.29 is 14.0 Å². The van der Waals surface area contributed by atoms with Gasteiger partial charge in [-0.3, -0.25) is 20.4 Å². The van der Waals surface area contributed by atoms with E-state index in [0.717, 1.165) is 12.8 Å². The summed E-state index contributed by atoms with van der Waals surface area (Å²) in [6, 6.07) is 5.15. The minimum absolute atomic E-state index is 0.00558. The Morgan fingerprint density at radius 2 is 1.76 bits per heavy atom. The summed E-state index contributed by atoms with van der Waals surface area (Å²) in [5.41, 5.74) is 4.36. The highest BCUT2D eigenvalue weighted by Crippen LogP contribution is 2.82. The van der Waals surface area contributed by atoms with Gasteiger partial charge in [0, 0.05) is 15.8 Å². The molecule has 2 N–H and O–H groups in total. The molecule has 0 aromatic heterocycles. The molecule has 0 aliphatic heterocycles. The number of halogens is 4. The number of hydrogen-bond acceptors (Lipinski definition) is 2. The van der Waals surface area contributed by atoms with Gasteiger partial charge in [0.15, 0.2) is 0 Å². The quantitative estimate of drug-likeness (QED) is 0.444. The number of nitrogens with one attached hydrogen (secondary N) is 2. The molecule has 25 heavy (non-hydrogen) atoms. The zero-order valence-electron chi connectivity index (χ0n) is 13.7. The number of hydrogen-bond donors (Lipinski definition) is 2. The molecule has 0 saturated heterocycles. The monoisotopic (exact) mass is 538 g/mol. The van der Waals surface area contributed by atoms with Crippen LogP contribution in [0.5, 0.6) is 0 Å². The van der Waals surface area contributed by atoms with Crippen molar-refractivity contribution in [3.63, 3.8) is 0 Å². The first-order valence-electron chi connectivity index (χ1n) is 7.90. The Balaban J connectivity index is 1.72. The van der Waals surface area contributed by atoms with Gasteiger partial charge in [0.05, 0.1) is 9.15 Å². The Hall–Kier alpha value is -0.470. The Labute approximate surface area is 171 Å². The highest BCUT2D eigenvalue weighted by Gasteiger charge is 2.83. The van der Waals surface area contributed by atoms with Crippen molar-refractivity contribution in [3.05, 3.63) is 35.6 Å². The van der Waals surface area contributed by atoms with E-state index >= 15 is 0 Å². The van der Waals surface area contributed by atoms with E-state index in [2.05, 4.69) is 72.5 Å². The molecule has 0 radical (unpaired) electrons. The predicted octanol–water partition coefficient (Wildman–Crippen LogP) is 4.27. The molecule has 4 nitrogen and oxygen atoms in total. The molecule has 1 aromatic carbocycles. The maximum atomic E-state index is 12.9. The van der Waals surface area contributed by atoms with Crippen molar-refractivity contribution in [1.29, 1.82) is 0 Å². The van der Waals surface area contributed by atoms with Crippen LogP contribution < -0.4 is 10.9 Å². The fourth-order valence-electron chi connectivity index (χ4n) is 4.60. The van der Waals surface area contributed by atoms with Crippen molar-refractivity contribution in [2.75, 3.05) is 0 Å². The summed E-state index contributed by atoms with van der Waals surface area (Å²) in [5, 5.41) is 0. The summed E-state index contributed by atoms with van der Waals surface area (Å²) < 4.78 is 13.0. The molecule has 3 unspecified atom stereocenters. The number of carbonyl (C=O) groups excluding carboxylic acids is 2. The number of rotatable bonds is 3. The smallest absolute Gasteiger partial charge is 0.269 e. The molecule has 3 aliphatic carbocycles. The minimum atomic E-state index is -0.594. The zero-order valence-corrected chi connectivity index (χ0v) is 18.5. The number of fused-ring (bicyclic) bond motifs is 1. The van der Waals surface area contributed by atoms with E-state index in [1.807, 2.05) is 0 Å². The normalized spacial score (nSPS) is 32.2. The summed E-state index contributed by atoms with van der Waals surface area (Å²) in [6.45, 7) is 4.18. The van der Waals surface area contributed by atoms with Crippen molar-refractivity contribution in [1.82, 2.24) is 10.9 Å². The largest absolute Gasteiger partial charge is 0.273 e. The molecular formula is C17H18Br3FN2O2. The second kappa shape index (κ2) is 6.30. The molecule has 3 fully saturated rings. The van der Waals surface area contributed by atoms with E-state index in [1.54, 1.807) is 0 Å². The van der Waals surface area contributed by atoms with Crippen LogP contribution in [-0.4, -0.2) is 20.4 Å². The predicted molar refractivity (Wildman–Crippen MR) is 104 cm³/mol. The molecule has 4 rings (SSSR count). The van der Waals surface area contributed by atoms with Crippen LogP contribution >= 0.6 is 47.8 Å². The van der Waals surface area contributed by atoms with Crippen molar-refractivity contribution in [2.24, 2.45) is 16.2 Å². The molecule has 3 atom stereocenters. The Morgan fingerprint density at radius 1 is 1.16 bits per heavy atom. The SMILES string of the molecule is CC1(C)C2(C(=O)NNC(=O)c3ccc(F)cc3)CCC1(C(Br)Br)C2Br. The van der Waals surface area contributed by atoms with Gasteiger partial charge in [-0.25, -0.2) is 4.39 Å². The van der Waals surface area contributed by atoms with Crippen LogP contribution in [0, 0.1) is 22.1 Å². The van der Waals surface area contributed by atoms with Crippen LogP contribution in [0.3, 0.4) is 0 Å². The second-order valence-electron chi connectivity index (χ2n) is 7.22. The van der Waals surface area contributed by atoms with Crippen LogP contribution in [0.4, 0.5) is 4.39 Å². The van der Waals surface area contributed by atoms with Crippen LogP contribution in [0.25, 0.3) is 0 Å². The van der Waals surface area contributed by atoms with E-state index in [1.165, 1.54) is 24.3 Å². The molecule has 136 valence electrons. The van der Waals surface area contributed by atoms with E-state index in [9.17, 15) is 14.0 Å². The van der Waals surface area contributed by atoms with E-state index < -0.39 is 17.1 Å². The third kappa shape index (κ3) is 2.39. The minimum Gasteiger partial charge on any atom is -0.273 e. The number of benzene rings is 1. The molecule has 1 aromatic rings. The van der Waals surface area contributed by atoms with E-state index in [0.29, 0.717) is 0 Å². The lowest BCUT2D eigenvalue weighted by Crippen LogP contribution is -2.72. The average molecular weight is 541 g/mol. The van der Waals surface area contributed by atoms with Crippen LogP contribution in [-0.2, 0) is 4.79 Å². The standard InChI is InChI=1S/C17H18Br3FN2O2/c1-15(2)16(13(19)20)7-8-17(15,12(16)18)14(25)23-22-11(24)9-3-5-10(21)6-4-9/h3-6,12-13H,7-8H2,1-2H3,(H,22,24)(H,23,25). The summed E-state index contributed by atoms with van der Waals surface area (Å²) in [5.74, 6) is -1.10. The lowest BCUT2D eigenvalue weighted by molar-refractivity contribution is -0.162. The number of carbonyl (C=O) groups is 2. The van der Waals surface area contributed by atoms with Gasteiger partial charge in [0.2, 0.25) is 5.91 Å². The first-order chi connectivity index (χ1) is 11.6. The lowest BCUT2D eigenvalue weighted by atomic mass is 9.43. The maximum absolute atomic E-state index is 12.9. The van der Waals surface area contributed by atoms with Crippen LogP contribution in [0.1, 0.15) is 37.0 Å². The molecule has 2 amide bonds. The van der Waals surface area contributed by atoms with Gasteiger partial charge >= 0.3 is 0 Å². The molecule has 3 saturated carbocycles. The van der Waals surface area contributed by atoms with Gasteiger partial charge in [-0.15, -0.1) is 0 Å². The van der Waals surface area contributed by atoms with E-state index in [-0.39, 0.29) is 30.9 Å². The molecule has 0 heterocycles. The summed E-state index contributed by atoms with van der Waals surface area (Å²) >= 11 is 11.0. The van der Waals surface area contributed by atoms with Gasteiger partial charge in [-0.1, -0.05) is 61.6 Å². The second-order valence-corrected chi connectivity index (χ2v) is 11.2. The van der Waals surface area contributed by atoms with Gasteiger partial charge in [-0.05, 0) is 42.5 Å². The number of amides is 2. The maximum Gasteiger partial charge on any atom is 0.269 e. The third-order valence-corrected chi connectivity index (χ3v) is 9.52. The average Bonchev–Trinajstić information content (AvgIpc) is 3.02. The molecular weight excluding hydrogens is 523 g/mol. The van der Waals surface area contributed by atoms with Crippen molar-refractivity contribution in [2.45, 2.75) is 35.3 Å². The lowest BCUT2D eigenvalue weighted by Gasteiger charge is -2.66. The fourth-order valence-corrected chi connectivity index (χ4v) is 9.51. The Kier molecular flexibility index (Phi) is 4.87. The highest BCUT2D eigenvalue weighted by atomic mass is 79.9. The topological polar surface area (TPSA) is 58.2 Å². The molecule has 3 aliphatic rings. The highest BCUT2D eigenvalue weighted by molar-refractivity contribution is 9.24. The molecule has 0 spiro atoms. The number of hydrazine groups is 1. The van der Waals surface area contributed by atoms with Gasteiger partial charge in [0.1, 0.15) is 5.82 Å². The van der Waals surface area contributed by atoms with E-state index in [4.69, 9.17) is 0 Å². The van der Waals surface area contributed by atoms with Crippen LogP contribution in [0.15, 0.2) is 24.3 Å². The number of alkyl halides is 3. The van der Waals surface area contributed by atoms with Gasteiger partial charge < -0.3 is 0 Å². The first kappa shape index (κ1) is 19.3. The summed E-state index contributed by atoms with van der Waals surface area (Å²) in [4.78, 5) is 25.1. The molecule has 8 heteroatoms. The van der Waals surface area contributed by atoms with Gasteiger partial charge in [-0.2, -0.15) is 0 Å². The van der Waals surface area contributed by atoms with Crippen molar-refractivity contribution in [3.8, 4) is 0 Å². The van der Waals surface area contributed by atoms with Gasteiger partial charge in [0.25, 0.3) is 5.91 Å². The molecule has 2 bridgehead atoms. The summed E-state index contributed by atoms with van der Waals surface area (Å²) in [7, 11) is 0. The first-order valence-corrected chi connectivity index (χ1v) is 10.6. The van der Waals surface area contributed by atoms with Crippen LogP contribution in [0.2, 0.25) is 0 Å².